The molecule has 3 aromatic rings. The molecule has 1 aromatic heterocycles. The molecule has 31 heavy (non-hydrogen) atoms. The van der Waals surface area contributed by atoms with Crippen LogP contribution in [0.5, 0.6) is 23.0 Å². The van der Waals surface area contributed by atoms with E-state index in [0.717, 1.165) is 40.6 Å². The van der Waals surface area contributed by atoms with Crippen LogP contribution in [0.4, 0.5) is 0 Å². The SMILES string of the molecule is C#CCOc1cc2c(cc1OC)-c1c(CC#C)c3ccc(OC)c(OC)c3c[n+]1CC2. The second kappa shape index (κ2) is 8.50. The van der Waals surface area contributed by atoms with E-state index in [1.54, 1.807) is 21.3 Å². The fraction of sp³-hybridized carbons (Fsp3) is 0.269. The zero-order chi connectivity index (χ0) is 22.0. The third kappa shape index (κ3) is 3.39. The summed E-state index contributed by atoms with van der Waals surface area (Å²) in [6, 6.07) is 7.99. The number of methoxy groups -OCH3 is 3. The predicted octanol–water partition coefficient (Wildman–Crippen LogP) is 3.56. The Morgan fingerprint density at radius 1 is 0.935 bits per heavy atom. The van der Waals surface area contributed by atoms with E-state index >= 15 is 0 Å². The van der Waals surface area contributed by atoms with Crippen molar-refractivity contribution in [2.75, 3.05) is 27.9 Å². The molecule has 1 aliphatic rings. The van der Waals surface area contributed by atoms with Crippen LogP contribution in [-0.4, -0.2) is 27.9 Å². The van der Waals surface area contributed by atoms with Gasteiger partial charge in [-0.1, -0.05) is 5.92 Å². The number of ether oxygens (including phenoxy) is 4. The average molecular weight is 414 g/mol. The molecular weight excluding hydrogens is 390 g/mol. The summed E-state index contributed by atoms with van der Waals surface area (Å²) in [6.07, 6.45) is 14.6. The van der Waals surface area contributed by atoms with Gasteiger partial charge in [0.2, 0.25) is 5.69 Å². The van der Waals surface area contributed by atoms with Crippen LogP contribution < -0.4 is 23.5 Å². The van der Waals surface area contributed by atoms with Crippen LogP contribution in [0.2, 0.25) is 0 Å². The van der Waals surface area contributed by atoms with Gasteiger partial charge in [-0.25, -0.2) is 0 Å². The highest BCUT2D eigenvalue weighted by atomic mass is 16.5. The number of benzene rings is 2. The number of rotatable bonds is 6. The van der Waals surface area contributed by atoms with E-state index in [2.05, 4.69) is 22.6 Å². The molecule has 0 saturated carbocycles. The highest BCUT2D eigenvalue weighted by molar-refractivity contribution is 5.95. The molecule has 0 fully saturated rings. The van der Waals surface area contributed by atoms with Crippen LogP contribution in [0.1, 0.15) is 11.1 Å². The van der Waals surface area contributed by atoms with E-state index in [1.165, 1.54) is 5.56 Å². The maximum Gasteiger partial charge on any atom is 0.217 e. The van der Waals surface area contributed by atoms with Gasteiger partial charge >= 0.3 is 0 Å². The summed E-state index contributed by atoms with van der Waals surface area (Å²) in [5.74, 6) is 8.02. The number of hydrogen-bond acceptors (Lipinski definition) is 4. The lowest BCUT2D eigenvalue weighted by atomic mass is 9.90. The zero-order valence-corrected chi connectivity index (χ0v) is 18.0. The number of nitrogens with zero attached hydrogens (tertiary/aromatic N) is 1. The molecule has 0 radical (unpaired) electrons. The van der Waals surface area contributed by atoms with Gasteiger partial charge in [-0.05, 0) is 29.8 Å². The van der Waals surface area contributed by atoms with Crippen LogP contribution in [-0.2, 0) is 19.4 Å². The largest absolute Gasteiger partial charge is 0.493 e. The van der Waals surface area contributed by atoms with Crippen LogP contribution in [0.15, 0.2) is 30.5 Å². The van der Waals surface area contributed by atoms with Crippen LogP contribution >= 0.6 is 0 Å². The van der Waals surface area contributed by atoms with Crippen molar-refractivity contribution >= 4 is 10.8 Å². The van der Waals surface area contributed by atoms with Gasteiger partial charge in [0.15, 0.2) is 35.7 Å². The van der Waals surface area contributed by atoms with Crippen LogP contribution in [0, 0.1) is 24.7 Å². The topological polar surface area (TPSA) is 40.8 Å². The molecule has 0 unspecified atom stereocenters. The van der Waals surface area contributed by atoms with Crippen molar-refractivity contribution in [3.05, 3.63) is 41.6 Å². The number of aromatic nitrogens is 1. The Balaban J connectivity index is 2.01. The smallest absolute Gasteiger partial charge is 0.217 e. The summed E-state index contributed by atoms with van der Waals surface area (Å²) in [5, 5.41) is 2.02. The van der Waals surface area contributed by atoms with Crippen molar-refractivity contribution in [3.63, 3.8) is 0 Å². The normalized spacial score (nSPS) is 11.6. The van der Waals surface area contributed by atoms with E-state index in [0.29, 0.717) is 29.4 Å². The van der Waals surface area contributed by atoms with Crippen molar-refractivity contribution in [2.45, 2.75) is 19.4 Å². The van der Waals surface area contributed by atoms with Gasteiger partial charge in [0.25, 0.3) is 0 Å². The molecule has 4 rings (SSSR count). The summed E-state index contributed by atoms with van der Waals surface area (Å²) >= 11 is 0. The number of fused-ring (bicyclic) bond motifs is 4. The quantitative estimate of drug-likeness (QED) is 0.457. The van der Waals surface area contributed by atoms with Crippen LogP contribution in [0.25, 0.3) is 22.0 Å². The van der Waals surface area contributed by atoms with Gasteiger partial charge in [-0.2, -0.15) is 4.57 Å². The molecule has 2 heterocycles. The lowest BCUT2D eigenvalue weighted by Gasteiger charge is -2.21. The van der Waals surface area contributed by atoms with Crippen molar-refractivity contribution in [1.82, 2.24) is 0 Å². The van der Waals surface area contributed by atoms with Gasteiger partial charge in [-0.15, -0.1) is 18.8 Å². The summed E-state index contributed by atoms with van der Waals surface area (Å²) in [5.41, 5.74) is 4.41. The van der Waals surface area contributed by atoms with Gasteiger partial charge in [0, 0.05) is 23.8 Å². The Kier molecular flexibility index (Phi) is 5.60. The highest BCUT2D eigenvalue weighted by Gasteiger charge is 2.31. The van der Waals surface area contributed by atoms with Gasteiger partial charge in [-0.3, -0.25) is 0 Å². The van der Waals surface area contributed by atoms with Gasteiger partial charge < -0.3 is 18.9 Å². The molecule has 0 N–H and O–H groups in total. The van der Waals surface area contributed by atoms with Crippen molar-refractivity contribution in [3.8, 4) is 58.9 Å². The lowest BCUT2D eigenvalue weighted by Crippen LogP contribution is -2.41. The Morgan fingerprint density at radius 3 is 2.42 bits per heavy atom. The van der Waals surface area contributed by atoms with Crippen molar-refractivity contribution in [2.24, 2.45) is 0 Å². The number of pyridine rings is 1. The average Bonchev–Trinajstić information content (AvgIpc) is 2.80. The molecule has 5 heteroatoms. The van der Waals surface area contributed by atoms with Crippen molar-refractivity contribution in [1.29, 1.82) is 0 Å². The summed E-state index contributed by atoms with van der Waals surface area (Å²) in [4.78, 5) is 0. The predicted molar refractivity (Wildman–Crippen MR) is 120 cm³/mol. The molecule has 2 aromatic carbocycles. The van der Waals surface area contributed by atoms with E-state index in [1.807, 2.05) is 24.3 Å². The first kappa shape index (κ1) is 20.4. The summed E-state index contributed by atoms with van der Waals surface area (Å²) in [7, 11) is 4.92. The minimum atomic E-state index is 0.190. The maximum atomic E-state index is 5.79. The number of terminal acetylenes is 2. The second-order valence-electron chi connectivity index (χ2n) is 7.20. The molecular formula is C26H24NO4+. The second-order valence-corrected chi connectivity index (χ2v) is 7.20. The fourth-order valence-corrected chi connectivity index (χ4v) is 4.30. The Hall–Kier alpha value is -3.83. The Morgan fingerprint density at radius 2 is 1.74 bits per heavy atom. The molecule has 0 spiro atoms. The molecule has 5 nitrogen and oxygen atoms in total. The fourth-order valence-electron chi connectivity index (χ4n) is 4.30. The van der Waals surface area contributed by atoms with E-state index in [-0.39, 0.29) is 6.61 Å². The zero-order valence-electron chi connectivity index (χ0n) is 18.0. The molecule has 156 valence electrons. The minimum absolute atomic E-state index is 0.190. The first-order valence-electron chi connectivity index (χ1n) is 9.97. The van der Waals surface area contributed by atoms with E-state index < -0.39 is 0 Å². The molecule has 0 atom stereocenters. The summed E-state index contributed by atoms with van der Waals surface area (Å²) in [6.45, 7) is 0.992. The molecule has 0 bridgehead atoms. The lowest BCUT2D eigenvalue weighted by molar-refractivity contribution is -0.686. The molecule has 0 amide bonds. The van der Waals surface area contributed by atoms with Crippen molar-refractivity contribution < 1.29 is 23.5 Å². The molecule has 0 saturated heterocycles. The first-order chi connectivity index (χ1) is 15.2. The van der Waals surface area contributed by atoms with Gasteiger partial charge in [0.05, 0.1) is 32.3 Å². The molecule has 1 aliphatic heterocycles. The van der Waals surface area contributed by atoms with Crippen LogP contribution in [0.3, 0.4) is 0 Å². The first-order valence-corrected chi connectivity index (χ1v) is 9.97. The van der Waals surface area contributed by atoms with Gasteiger partial charge in [0.1, 0.15) is 6.61 Å². The Labute approximate surface area is 182 Å². The minimum Gasteiger partial charge on any atom is -0.493 e. The Bertz CT molecular complexity index is 1250. The number of hydrogen-bond donors (Lipinski definition) is 0. The third-order valence-electron chi connectivity index (χ3n) is 5.62. The third-order valence-corrected chi connectivity index (χ3v) is 5.62. The van der Waals surface area contributed by atoms with E-state index in [4.69, 9.17) is 31.8 Å². The monoisotopic (exact) mass is 414 g/mol. The highest BCUT2D eigenvalue weighted by Crippen LogP contribution is 2.42. The summed E-state index contributed by atoms with van der Waals surface area (Å²) < 4.78 is 24.7. The van der Waals surface area contributed by atoms with E-state index in [9.17, 15) is 0 Å². The maximum absolute atomic E-state index is 5.79. The molecule has 0 aliphatic carbocycles. The standard InChI is InChI=1S/C26H24NO4/c1-6-8-19-18-9-10-22(28-3)26(30-5)21(18)16-27-12-11-17-14-24(31-13-7-2)23(29-4)15-20(17)25(19)27/h1-2,9-10,14-16H,8,11-13H2,3-5H3/q+1. The number of aryl methyl sites for hydroxylation is 2.